The molecule has 4 heteroatoms. The molecule has 1 aromatic carbocycles. The fourth-order valence-electron chi connectivity index (χ4n) is 1.71. The van der Waals surface area contributed by atoms with Gasteiger partial charge in [-0.15, -0.1) is 0 Å². The minimum Gasteiger partial charge on any atom is -0.478 e. The highest BCUT2D eigenvalue weighted by atomic mass is 16.4. The first-order chi connectivity index (χ1) is 8.66. The Morgan fingerprint density at radius 2 is 2.17 bits per heavy atom. The molecule has 0 unspecified atom stereocenters. The Kier molecular flexibility index (Phi) is 3.57. The van der Waals surface area contributed by atoms with Crippen molar-refractivity contribution in [1.82, 2.24) is 4.98 Å². The predicted octanol–water partition coefficient (Wildman–Crippen LogP) is 2.70. The van der Waals surface area contributed by atoms with Gasteiger partial charge in [0.25, 0.3) is 0 Å². The largest absolute Gasteiger partial charge is 0.478 e. The van der Waals surface area contributed by atoms with Crippen molar-refractivity contribution in [2.45, 2.75) is 13.5 Å². The Morgan fingerprint density at radius 3 is 2.78 bits per heavy atom. The lowest BCUT2D eigenvalue weighted by Crippen LogP contribution is -2.04. The van der Waals surface area contributed by atoms with Crippen LogP contribution in [-0.4, -0.2) is 16.1 Å². The number of hydrogen-bond acceptors (Lipinski definition) is 3. The summed E-state index contributed by atoms with van der Waals surface area (Å²) in [6, 6.07) is 10.9. The predicted molar refractivity (Wildman–Crippen MR) is 69.7 cm³/mol. The normalized spacial score (nSPS) is 10.1. The summed E-state index contributed by atoms with van der Waals surface area (Å²) in [7, 11) is 0. The van der Waals surface area contributed by atoms with Crippen molar-refractivity contribution in [3.8, 4) is 0 Å². The van der Waals surface area contributed by atoms with E-state index in [2.05, 4.69) is 10.3 Å². The number of aryl methyl sites for hydroxylation is 1. The maximum Gasteiger partial charge on any atom is 0.335 e. The van der Waals surface area contributed by atoms with Gasteiger partial charge in [0.15, 0.2) is 0 Å². The van der Waals surface area contributed by atoms with Crippen LogP contribution < -0.4 is 5.32 Å². The minimum atomic E-state index is -0.899. The minimum absolute atomic E-state index is 0.332. The summed E-state index contributed by atoms with van der Waals surface area (Å²) in [5, 5.41) is 12.1. The molecule has 0 atom stereocenters. The molecule has 2 aromatic rings. The van der Waals surface area contributed by atoms with Crippen LogP contribution in [0.15, 0.2) is 42.6 Å². The highest BCUT2D eigenvalue weighted by molar-refractivity contribution is 5.89. The van der Waals surface area contributed by atoms with E-state index >= 15 is 0 Å². The van der Waals surface area contributed by atoms with E-state index in [4.69, 9.17) is 5.11 Å². The van der Waals surface area contributed by atoms with Gasteiger partial charge in [-0.3, -0.25) is 4.98 Å². The standard InChI is InChI=1S/C14H14N2O2/c1-10-8-11(5-6-13(10)14(17)18)16-9-12-4-2-3-7-15-12/h2-8,16H,9H2,1H3,(H,17,18). The van der Waals surface area contributed by atoms with Crippen molar-refractivity contribution in [1.29, 1.82) is 0 Å². The summed E-state index contributed by atoms with van der Waals surface area (Å²) in [4.78, 5) is 15.1. The number of nitrogens with zero attached hydrogens (tertiary/aromatic N) is 1. The molecule has 92 valence electrons. The molecule has 0 bridgehead atoms. The van der Waals surface area contributed by atoms with Gasteiger partial charge in [-0.05, 0) is 42.8 Å². The maximum atomic E-state index is 10.9. The number of nitrogens with one attached hydrogen (secondary N) is 1. The molecule has 0 saturated heterocycles. The summed E-state index contributed by atoms with van der Waals surface area (Å²) >= 11 is 0. The SMILES string of the molecule is Cc1cc(NCc2ccccn2)ccc1C(=O)O. The van der Waals surface area contributed by atoms with E-state index < -0.39 is 5.97 Å². The number of aromatic nitrogens is 1. The number of rotatable bonds is 4. The Labute approximate surface area is 105 Å². The molecule has 1 heterocycles. The first-order valence-electron chi connectivity index (χ1n) is 5.64. The van der Waals surface area contributed by atoms with Crippen molar-refractivity contribution < 1.29 is 9.90 Å². The van der Waals surface area contributed by atoms with Crippen LogP contribution >= 0.6 is 0 Å². The van der Waals surface area contributed by atoms with Crippen molar-refractivity contribution in [2.24, 2.45) is 0 Å². The quantitative estimate of drug-likeness (QED) is 0.865. The smallest absolute Gasteiger partial charge is 0.335 e. The van der Waals surface area contributed by atoms with Crippen LogP contribution in [0, 0.1) is 6.92 Å². The first-order valence-corrected chi connectivity index (χ1v) is 5.64. The number of carbonyl (C=O) groups is 1. The molecule has 0 amide bonds. The summed E-state index contributed by atoms with van der Waals surface area (Å²) < 4.78 is 0. The third-order valence-corrected chi connectivity index (χ3v) is 2.66. The molecule has 2 N–H and O–H groups in total. The van der Waals surface area contributed by atoms with Gasteiger partial charge in [-0.1, -0.05) is 6.07 Å². The summed E-state index contributed by atoms with van der Waals surface area (Å²) in [6.07, 6.45) is 1.75. The van der Waals surface area contributed by atoms with Gasteiger partial charge in [-0.2, -0.15) is 0 Å². The van der Waals surface area contributed by atoms with E-state index in [9.17, 15) is 4.79 Å². The molecule has 0 aliphatic carbocycles. The van der Waals surface area contributed by atoms with Gasteiger partial charge in [0.05, 0.1) is 17.8 Å². The zero-order valence-electron chi connectivity index (χ0n) is 10.1. The lowest BCUT2D eigenvalue weighted by Gasteiger charge is -2.08. The highest BCUT2D eigenvalue weighted by Gasteiger charge is 2.06. The van der Waals surface area contributed by atoms with Crippen molar-refractivity contribution in [2.75, 3.05) is 5.32 Å². The van der Waals surface area contributed by atoms with Crippen LogP contribution in [0.1, 0.15) is 21.6 Å². The maximum absolute atomic E-state index is 10.9. The molecular formula is C14H14N2O2. The Morgan fingerprint density at radius 1 is 1.33 bits per heavy atom. The first kappa shape index (κ1) is 12.1. The van der Waals surface area contributed by atoms with E-state index in [1.54, 1.807) is 25.3 Å². The molecule has 0 spiro atoms. The fourth-order valence-corrected chi connectivity index (χ4v) is 1.71. The van der Waals surface area contributed by atoms with Crippen molar-refractivity contribution >= 4 is 11.7 Å². The third-order valence-electron chi connectivity index (χ3n) is 2.66. The fraction of sp³-hybridized carbons (Fsp3) is 0.143. The number of carboxylic acids is 1. The molecule has 0 radical (unpaired) electrons. The van der Waals surface area contributed by atoms with Gasteiger partial charge in [0.1, 0.15) is 0 Å². The Balaban J connectivity index is 2.07. The second-order valence-corrected chi connectivity index (χ2v) is 4.01. The number of pyridine rings is 1. The molecule has 2 rings (SSSR count). The lowest BCUT2D eigenvalue weighted by atomic mass is 10.1. The highest BCUT2D eigenvalue weighted by Crippen LogP contribution is 2.15. The van der Waals surface area contributed by atoms with Crippen molar-refractivity contribution in [3.05, 3.63) is 59.4 Å². The van der Waals surface area contributed by atoms with E-state index in [1.807, 2.05) is 24.3 Å². The number of aromatic carboxylic acids is 1. The van der Waals surface area contributed by atoms with Gasteiger partial charge >= 0.3 is 5.97 Å². The summed E-state index contributed by atoms with van der Waals surface area (Å²) in [6.45, 7) is 2.40. The van der Waals surface area contributed by atoms with Gasteiger partial charge in [0.2, 0.25) is 0 Å². The number of hydrogen-bond donors (Lipinski definition) is 2. The van der Waals surface area contributed by atoms with E-state index in [0.29, 0.717) is 12.1 Å². The molecule has 0 aliphatic heterocycles. The second kappa shape index (κ2) is 5.31. The topological polar surface area (TPSA) is 62.2 Å². The molecular weight excluding hydrogens is 228 g/mol. The monoisotopic (exact) mass is 242 g/mol. The average Bonchev–Trinajstić information content (AvgIpc) is 2.37. The molecule has 18 heavy (non-hydrogen) atoms. The molecule has 1 aromatic heterocycles. The van der Waals surface area contributed by atoms with Crippen LogP contribution in [0.5, 0.6) is 0 Å². The van der Waals surface area contributed by atoms with E-state index in [1.165, 1.54) is 0 Å². The van der Waals surface area contributed by atoms with Crippen LogP contribution in [0.3, 0.4) is 0 Å². The van der Waals surface area contributed by atoms with Crippen LogP contribution in [0.4, 0.5) is 5.69 Å². The van der Waals surface area contributed by atoms with Gasteiger partial charge in [0, 0.05) is 11.9 Å². The summed E-state index contributed by atoms with van der Waals surface area (Å²) in [5.41, 5.74) is 2.91. The number of benzene rings is 1. The number of carboxylic acid groups (broad SMARTS) is 1. The van der Waals surface area contributed by atoms with E-state index in [-0.39, 0.29) is 0 Å². The van der Waals surface area contributed by atoms with Gasteiger partial charge < -0.3 is 10.4 Å². The average molecular weight is 242 g/mol. The molecule has 0 fully saturated rings. The second-order valence-electron chi connectivity index (χ2n) is 4.01. The Hall–Kier alpha value is -2.36. The number of anilines is 1. The molecule has 4 nitrogen and oxygen atoms in total. The van der Waals surface area contributed by atoms with Gasteiger partial charge in [-0.25, -0.2) is 4.79 Å². The zero-order chi connectivity index (χ0) is 13.0. The van der Waals surface area contributed by atoms with Crippen LogP contribution in [0.2, 0.25) is 0 Å². The Bertz CT molecular complexity index is 553. The van der Waals surface area contributed by atoms with Crippen LogP contribution in [0.25, 0.3) is 0 Å². The van der Waals surface area contributed by atoms with Crippen molar-refractivity contribution in [3.63, 3.8) is 0 Å². The van der Waals surface area contributed by atoms with E-state index in [0.717, 1.165) is 16.9 Å². The molecule has 0 aliphatic rings. The summed E-state index contributed by atoms with van der Waals surface area (Å²) in [5.74, 6) is -0.899. The third kappa shape index (κ3) is 2.85. The zero-order valence-corrected chi connectivity index (χ0v) is 10.1. The molecule has 0 saturated carbocycles. The van der Waals surface area contributed by atoms with Crippen LogP contribution in [-0.2, 0) is 6.54 Å². The lowest BCUT2D eigenvalue weighted by molar-refractivity contribution is 0.0696.